The maximum atomic E-state index is 12.9. The van der Waals surface area contributed by atoms with Crippen molar-refractivity contribution in [2.75, 3.05) is 26.1 Å². The van der Waals surface area contributed by atoms with Gasteiger partial charge in [-0.15, -0.1) is 0 Å². The number of hydrogen-bond donors (Lipinski definition) is 0. The van der Waals surface area contributed by atoms with E-state index in [0.717, 1.165) is 5.56 Å². The molecule has 1 aromatic heterocycles. The normalized spacial score (nSPS) is 10.3. The van der Waals surface area contributed by atoms with E-state index in [4.69, 9.17) is 4.74 Å². The fourth-order valence-corrected chi connectivity index (χ4v) is 2.51. The van der Waals surface area contributed by atoms with E-state index in [9.17, 15) is 9.18 Å². The van der Waals surface area contributed by atoms with Crippen molar-refractivity contribution in [3.63, 3.8) is 0 Å². The molecule has 4 nitrogen and oxygen atoms in total. The van der Waals surface area contributed by atoms with E-state index in [1.807, 2.05) is 19.0 Å². The van der Waals surface area contributed by atoms with Crippen LogP contribution in [0.15, 0.2) is 24.3 Å². The number of carbonyl (C=O) groups excluding carboxylic acids is 1. The van der Waals surface area contributed by atoms with Crippen LogP contribution in [0.3, 0.4) is 0 Å². The van der Waals surface area contributed by atoms with E-state index in [0.29, 0.717) is 10.0 Å². The third-order valence-electron chi connectivity index (χ3n) is 2.48. The van der Waals surface area contributed by atoms with Crippen molar-refractivity contribution in [2.45, 2.75) is 0 Å². The van der Waals surface area contributed by atoms with Crippen LogP contribution in [-0.4, -0.2) is 32.2 Å². The Bertz CT molecular complexity index is 593. The van der Waals surface area contributed by atoms with Crippen LogP contribution in [0.4, 0.5) is 9.52 Å². The standard InChI is InChI=1S/C13H13FN2O2S/c1-16(2)13-15-10(12(17)18-3)11(19-13)8-4-6-9(14)7-5-8/h4-7H,1-3H3. The van der Waals surface area contributed by atoms with Crippen LogP contribution in [0.2, 0.25) is 0 Å². The number of benzene rings is 1. The smallest absolute Gasteiger partial charge is 0.358 e. The van der Waals surface area contributed by atoms with Gasteiger partial charge >= 0.3 is 5.97 Å². The van der Waals surface area contributed by atoms with E-state index in [2.05, 4.69) is 4.98 Å². The van der Waals surface area contributed by atoms with Crippen molar-refractivity contribution in [3.8, 4) is 10.4 Å². The lowest BCUT2D eigenvalue weighted by molar-refractivity contribution is 0.0596. The highest BCUT2D eigenvalue weighted by atomic mass is 32.1. The van der Waals surface area contributed by atoms with Crippen LogP contribution < -0.4 is 4.90 Å². The second kappa shape index (κ2) is 5.36. The lowest BCUT2D eigenvalue weighted by Crippen LogP contribution is -2.09. The summed E-state index contributed by atoms with van der Waals surface area (Å²) in [6, 6.07) is 5.94. The van der Waals surface area contributed by atoms with Gasteiger partial charge in [-0.25, -0.2) is 14.2 Å². The third kappa shape index (κ3) is 2.73. The number of nitrogens with zero attached hydrogens (tertiary/aromatic N) is 2. The summed E-state index contributed by atoms with van der Waals surface area (Å²) in [5, 5.41) is 0.694. The molecule has 2 aromatic rings. The van der Waals surface area contributed by atoms with Crippen LogP contribution in [0.25, 0.3) is 10.4 Å². The van der Waals surface area contributed by atoms with Gasteiger partial charge in [-0.3, -0.25) is 0 Å². The van der Waals surface area contributed by atoms with Crippen LogP contribution in [0, 0.1) is 5.82 Å². The largest absolute Gasteiger partial charge is 0.464 e. The number of esters is 1. The highest BCUT2D eigenvalue weighted by Gasteiger charge is 2.20. The van der Waals surface area contributed by atoms with Gasteiger partial charge in [0, 0.05) is 14.1 Å². The highest BCUT2D eigenvalue weighted by Crippen LogP contribution is 2.34. The molecule has 1 heterocycles. The third-order valence-corrected chi connectivity index (χ3v) is 3.76. The Kier molecular flexibility index (Phi) is 3.80. The maximum absolute atomic E-state index is 12.9. The minimum atomic E-state index is -0.497. The molecule has 1 aromatic carbocycles. The predicted molar refractivity (Wildman–Crippen MR) is 73.2 cm³/mol. The van der Waals surface area contributed by atoms with Crippen LogP contribution >= 0.6 is 11.3 Å². The maximum Gasteiger partial charge on any atom is 0.358 e. The van der Waals surface area contributed by atoms with Gasteiger partial charge in [-0.1, -0.05) is 23.5 Å². The van der Waals surface area contributed by atoms with Crippen molar-refractivity contribution < 1.29 is 13.9 Å². The van der Waals surface area contributed by atoms with Gasteiger partial charge < -0.3 is 9.64 Å². The number of aromatic nitrogens is 1. The Morgan fingerprint density at radius 1 is 1.32 bits per heavy atom. The predicted octanol–water partition coefficient (Wildman–Crippen LogP) is 2.80. The summed E-state index contributed by atoms with van der Waals surface area (Å²) < 4.78 is 17.7. The Morgan fingerprint density at radius 2 is 1.95 bits per heavy atom. The van der Waals surface area contributed by atoms with E-state index < -0.39 is 5.97 Å². The minimum absolute atomic E-state index is 0.253. The molecule has 6 heteroatoms. The molecule has 0 amide bonds. The second-order valence-corrected chi connectivity index (χ2v) is 5.04. The van der Waals surface area contributed by atoms with E-state index in [-0.39, 0.29) is 11.5 Å². The van der Waals surface area contributed by atoms with Crippen molar-refractivity contribution in [1.82, 2.24) is 4.98 Å². The summed E-state index contributed by atoms with van der Waals surface area (Å²) in [5.41, 5.74) is 0.996. The van der Waals surface area contributed by atoms with E-state index >= 15 is 0 Å². The molecule has 0 radical (unpaired) electrons. The molecule has 0 bridgehead atoms. The van der Waals surface area contributed by atoms with Gasteiger partial charge in [0.25, 0.3) is 0 Å². The molecular weight excluding hydrogens is 267 g/mol. The summed E-state index contributed by atoms with van der Waals surface area (Å²) in [6.07, 6.45) is 0. The zero-order chi connectivity index (χ0) is 14.0. The lowest BCUT2D eigenvalue weighted by atomic mass is 10.1. The van der Waals surface area contributed by atoms with Gasteiger partial charge in [0.2, 0.25) is 0 Å². The Labute approximate surface area is 114 Å². The SMILES string of the molecule is COC(=O)c1nc(N(C)C)sc1-c1ccc(F)cc1. The quantitative estimate of drug-likeness (QED) is 0.811. The summed E-state index contributed by atoms with van der Waals surface area (Å²) >= 11 is 1.36. The molecule has 0 N–H and O–H groups in total. The molecule has 19 heavy (non-hydrogen) atoms. The molecule has 0 aliphatic heterocycles. The van der Waals surface area contributed by atoms with E-state index in [1.165, 1.54) is 30.6 Å². The van der Waals surface area contributed by atoms with Gasteiger partial charge in [0.15, 0.2) is 10.8 Å². The number of anilines is 1. The van der Waals surface area contributed by atoms with Crippen molar-refractivity contribution in [2.24, 2.45) is 0 Å². The fraction of sp³-hybridized carbons (Fsp3) is 0.231. The number of halogens is 1. The van der Waals surface area contributed by atoms with Crippen molar-refractivity contribution in [1.29, 1.82) is 0 Å². The monoisotopic (exact) mass is 280 g/mol. The second-order valence-electron chi connectivity index (χ2n) is 4.07. The van der Waals surface area contributed by atoms with Crippen LogP contribution in [0.5, 0.6) is 0 Å². The Balaban J connectivity index is 2.54. The number of ether oxygens (including phenoxy) is 1. The first-order valence-electron chi connectivity index (χ1n) is 5.55. The number of carbonyl (C=O) groups is 1. The molecule has 0 spiro atoms. The molecule has 100 valence electrons. The Hall–Kier alpha value is -1.95. The molecule has 0 unspecified atom stereocenters. The summed E-state index contributed by atoms with van der Waals surface area (Å²) in [4.78, 5) is 18.5. The molecule has 0 aliphatic carbocycles. The average Bonchev–Trinajstić information content (AvgIpc) is 2.84. The zero-order valence-electron chi connectivity index (χ0n) is 10.8. The molecule has 0 saturated carbocycles. The molecule has 0 aliphatic rings. The number of rotatable bonds is 3. The van der Waals surface area contributed by atoms with Crippen molar-refractivity contribution >= 4 is 22.4 Å². The zero-order valence-corrected chi connectivity index (χ0v) is 11.6. The van der Waals surface area contributed by atoms with E-state index in [1.54, 1.807) is 12.1 Å². The first-order chi connectivity index (χ1) is 9.02. The summed E-state index contributed by atoms with van der Waals surface area (Å²) in [5.74, 6) is -0.815. The van der Waals surface area contributed by atoms with Gasteiger partial charge in [-0.05, 0) is 17.7 Å². The van der Waals surface area contributed by atoms with Crippen molar-refractivity contribution in [3.05, 3.63) is 35.8 Å². The fourth-order valence-electron chi connectivity index (χ4n) is 1.53. The highest BCUT2D eigenvalue weighted by molar-refractivity contribution is 7.19. The van der Waals surface area contributed by atoms with Crippen LogP contribution in [0.1, 0.15) is 10.5 Å². The summed E-state index contributed by atoms with van der Waals surface area (Å²) in [7, 11) is 4.99. The number of hydrogen-bond acceptors (Lipinski definition) is 5. The Morgan fingerprint density at radius 3 is 2.47 bits per heavy atom. The first kappa shape index (κ1) is 13.5. The molecule has 2 rings (SSSR count). The topological polar surface area (TPSA) is 42.4 Å². The van der Waals surface area contributed by atoms with Crippen LogP contribution in [-0.2, 0) is 4.74 Å². The molecule has 0 saturated heterocycles. The average molecular weight is 280 g/mol. The number of thiazole rings is 1. The van der Waals surface area contributed by atoms with Gasteiger partial charge in [0.05, 0.1) is 12.0 Å². The number of methoxy groups -OCH3 is 1. The molecular formula is C13H13FN2O2S. The van der Waals surface area contributed by atoms with Gasteiger partial charge in [-0.2, -0.15) is 0 Å². The van der Waals surface area contributed by atoms with Gasteiger partial charge in [0.1, 0.15) is 5.82 Å². The molecule has 0 fully saturated rings. The first-order valence-corrected chi connectivity index (χ1v) is 6.37. The lowest BCUT2D eigenvalue weighted by Gasteiger charge is -2.05. The summed E-state index contributed by atoms with van der Waals surface area (Å²) in [6.45, 7) is 0. The minimum Gasteiger partial charge on any atom is -0.464 e. The molecule has 0 atom stereocenters.